The lowest BCUT2D eigenvalue weighted by Gasteiger charge is -2.22. The maximum atomic E-state index is 11.9. The molecule has 136 valence electrons. The molecule has 0 saturated carbocycles. The Balaban J connectivity index is 2.43. The summed E-state index contributed by atoms with van der Waals surface area (Å²) in [4.78, 5) is 22.9. The molecule has 0 spiro atoms. The third-order valence-electron chi connectivity index (χ3n) is 4.07. The largest absolute Gasteiger partial charge is 0.481 e. The topological polar surface area (TPSA) is 104 Å². The van der Waals surface area contributed by atoms with Crippen molar-refractivity contribution in [1.82, 2.24) is 16.0 Å². The van der Waals surface area contributed by atoms with E-state index < -0.39 is 11.4 Å². The Morgan fingerprint density at radius 3 is 2.58 bits per heavy atom. The van der Waals surface area contributed by atoms with Crippen molar-refractivity contribution in [1.29, 1.82) is 0 Å². The summed E-state index contributed by atoms with van der Waals surface area (Å²) in [6.07, 6.45) is 2.94. The van der Waals surface area contributed by atoms with Gasteiger partial charge in [0.05, 0.1) is 17.7 Å². The van der Waals surface area contributed by atoms with E-state index in [1.807, 2.05) is 12.1 Å². The van der Waals surface area contributed by atoms with Crippen LogP contribution >= 0.6 is 0 Å². The molecule has 0 aliphatic carbocycles. The van der Waals surface area contributed by atoms with Gasteiger partial charge in [-0.1, -0.05) is 6.92 Å². The molecule has 2 atom stereocenters. The Morgan fingerprint density at radius 2 is 2.04 bits per heavy atom. The summed E-state index contributed by atoms with van der Waals surface area (Å²) in [5.41, 5.74) is -0.859. The van der Waals surface area contributed by atoms with Crippen molar-refractivity contribution in [3.05, 3.63) is 24.2 Å². The van der Waals surface area contributed by atoms with Gasteiger partial charge >= 0.3 is 12.0 Å². The maximum absolute atomic E-state index is 11.9. The van der Waals surface area contributed by atoms with Crippen molar-refractivity contribution in [3.63, 3.8) is 0 Å². The van der Waals surface area contributed by atoms with Gasteiger partial charge in [-0.2, -0.15) is 0 Å². The molecule has 1 rings (SSSR count). The van der Waals surface area contributed by atoms with E-state index in [9.17, 15) is 9.59 Å². The molecular weight excluding hydrogens is 310 g/mol. The van der Waals surface area contributed by atoms with Crippen LogP contribution in [-0.2, 0) is 4.79 Å². The summed E-state index contributed by atoms with van der Waals surface area (Å²) in [5.74, 6) is -0.108. The van der Waals surface area contributed by atoms with Crippen LogP contribution in [0.5, 0.6) is 0 Å². The summed E-state index contributed by atoms with van der Waals surface area (Å²) in [6, 6.07) is 3.54. The van der Waals surface area contributed by atoms with Gasteiger partial charge in [0.2, 0.25) is 0 Å². The van der Waals surface area contributed by atoms with E-state index >= 15 is 0 Å². The van der Waals surface area contributed by atoms with Crippen LogP contribution in [0.15, 0.2) is 22.8 Å². The first-order valence-corrected chi connectivity index (χ1v) is 8.30. The van der Waals surface area contributed by atoms with Crippen LogP contribution in [0.4, 0.5) is 4.79 Å². The van der Waals surface area contributed by atoms with E-state index in [1.54, 1.807) is 20.1 Å². The average Bonchev–Trinajstić information content (AvgIpc) is 3.05. The van der Waals surface area contributed by atoms with Crippen LogP contribution in [0.2, 0.25) is 0 Å². The number of rotatable bonds is 10. The van der Waals surface area contributed by atoms with Crippen LogP contribution in [0, 0.1) is 5.41 Å². The van der Waals surface area contributed by atoms with E-state index in [0.29, 0.717) is 25.6 Å². The van der Waals surface area contributed by atoms with E-state index in [-0.39, 0.29) is 12.1 Å². The predicted molar refractivity (Wildman–Crippen MR) is 91.8 cm³/mol. The first-order valence-electron chi connectivity index (χ1n) is 8.30. The highest BCUT2D eigenvalue weighted by Crippen LogP contribution is 2.19. The number of aliphatic carboxylic acids is 1. The third kappa shape index (κ3) is 6.62. The van der Waals surface area contributed by atoms with Crippen LogP contribution in [0.3, 0.4) is 0 Å². The zero-order chi connectivity index (χ0) is 18.2. The minimum Gasteiger partial charge on any atom is -0.481 e. The lowest BCUT2D eigenvalue weighted by molar-refractivity contribution is -0.147. The predicted octanol–water partition coefficient (Wildman–Crippen LogP) is 2.51. The molecule has 1 aromatic heterocycles. The van der Waals surface area contributed by atoms with Gasteiger partial charge < -0.3 is 25.5 Å². The van der Waals surface area contributed by atoms with Gasteiger partial charge in [-0.25, -0.2) is 4.79 Å². The van der Waals surface area contributed by atoms with E-state index in [2.05, 4.69) is 29.8 Å². The van der Waals surface area contributed by atoms with Crippen LogP contribution in [0.1, 0.15) is 52.3 Å². The van der Waals surface area contributed by atoms with E-state index in [4.69, 9.17) is 9.52 Å². The van der Waals surface area contributed by atoms with Crippen molar-refractivity contribution in [2.45, 2.75) is 52.6 Å². The monoisotopic (exact) mass is 339 g/mol. The highest BCUT2D eigenvalue weighted by Gasteiger charge is 2.26. The van der Waals surface area contributed by atoms with Crippen molar-refractivity contribution < 1.29 is 19.1 Å². The van der Waals surface area contributed by atoms with E-state index in [1.165, 1.54) is 0 Å². The zero-order valence-corrected chi connectivity index (χ0v) is 14.9. The Morgan fingerprint density at radius 1 is 1.33 bits per heavy atom. The Labute approximate surface area is 143 Å². The highest BCUT2D eigenvalue weighted by atomic mass is 16.4. The van der Waals surface area contributed by atoms with Crippen LogP contribution in [0.25, 0.3) is 0 Å². The molecule has 4 N–H and O–H groups in total. The van der Waals surface area contributed by atoms with Crippen molar-refractivity contribution in [2.75, 3.05) is 13.1 Å². The summed E-state index contributed by atoms with van der Waals surface area (Å²) in [6.45, 7) is 8.11. The number of furan rings is 1. The molecule has 2 amide bonds. The lowest BCUT2D eigenvalue weighted by atomic mass is 9.90. The van der Waals surface area contributed by atoms with Gasteiger partial charge in [0.25, 0.3) is 0 Å². The third-order valence-corrected chi connectivity index (χ3v) is 4.07. The molecule has 7 heteroatoms. The minimum absolute atomic E-state index is 0.115. The van der Waals surface area contributed by atoms with Gasteiger partial charge in [-0.3, -0.25) is 4.79 Å². The first-order chi connectivity index (χ1) is 11.3. The van der Waals surface area contributed by atoms with Crippen molar-refractivity contribution >= 4 is 12.0 Å². The molecule has 0 fully saturated rings. The normalized spacial score (nSPS) is 14.0. The fourth-order valence-electron chi connectivity index (χ4n) is 2.05. The van der Waals surface area contributed by atoms with Gasteiger partial charge in [0.1, 0.15) is 5.76 Å². The number of hydrogen-bond acceptors (Lipinski definition) is 4. The molecule has 0 radical (unpaired) electrons. The van der Waals surface area contributed by atoms with Gasteiger partial charge in [-0.05, 0) is 45.7 Å². The Hall–Kier alpha value is -2.02. The second-order valence-corrected chi connectivity index (χ2v) is 6.62. The summed E-state index contributed by atoms with van der Waals surface area (Å²) >= 11 is 0. The van der Waals surface area contributed by atoms with Crippen molar-refractivity contribution in [2.24, 2.45) is 5.41 Å². The molecule has 1 heterocycles. The fourth-order valence-corrected chi connectivity index (χ4v) is 2.05. The number of nitrogens with one attached hydrogen (secondary N) is 3. The molecule has 0 saturated heterocycles. The fraction of sp³-hybridized carbons (Fsp3) is 0.647. The number of carboxylic acids is 1. The average molecular weight is 339 g/mol. The summed E-state index contributed by atoms with van der Waals surface area (Å²) in [5, 5.41) is 17.9. The molecular formula is C17H29N3O4. The van der Waals surface area contributed by atoms with Crippen LogP contribution < -0.4 is 16.0 Å². The van der Waals surface area contributed by atoms with Gasteiger partial charge in [-0.15, -0.1) is 0 Å². The van der Waals surface area contributed by atoms with Crippen molar-refractivity contribution in [3.8, 4) is 0 Å². The SMILES string of the molecule is CCC(C)NC(CNC(=O)NCCC(C)(C)C(=O)O)c1ccco1. The zero-order valence-electron chi connectivity index (χ0n) is 14.9. The second kappa shape index (κ2) is 9.32. The maximum Gasteiger partial charge on any atom is 0.314 e. The molecule has 0 bridgehead atoms. The number of carbonyl (C=O) groups is 2. The van der Waals surface area contributed by atoms with Crippen LogP contribution in [-0.4, -0.2) is 36.2 Å². The number of amides is 2. The standard InChI is InChI=1S/C17H29N3O4/c1-5-12(2)20-13(14-7-6-10-24-14)11-19-16(23)18-9-8-17(3,4)15(21)22/h6-7,10,12-13,20H,5,8-9,11H2,1-4H3,(H,21,22)(H2,18,19,23). The molecule has 0 aliphatic rings. The quantitative estimate of drug-likeness (QED) is 0.524. The lowest BCUT2D eigenvalue weighted by Crippen LogP contribution is -2.43. The number of hydrogen-bond donors (Lipinski definition) is 4. The number of carboxylic acid groups (broad SMARTS) is 1. The molecule has 0 aromatic carbocycles. The molecule has 1 aromatic rings. The minimum atomic E-state index is -0.875. The van der Waals surface area contributed by atoms with Gasteiger partial charge in [0, 0.05) is 19.1 Å². The second-order valence-electron chi connectivity index (χ2n) is 6.62. The summed E-state index contributed by atoms with van der Waals surface area (Å²) in [7, 11) is 0. The molecule has 0 aliphatic heterocycles. The van der Waals surface area contributed by atoms with Gasteiger partial charge in [0.15, 0.2) is 0 Å². The smallest absolute Gasteiger partial charge is 0.314 e. The summed E-state index contributed by atoms with van der Waals surface area (Å²) < 4.78 is 5.43. The number of carbonyl (C=O) groups excluding carboxylic acids is 1. The molecule has 7 nitrogen and oxygen atoms in total. The number of urea groups is 1. The highest BCUT2D eigenvalue weighted by molar-refractivity contribution is 5.75. The first kappa shape index (κ1) is 20.0. The Kier molecular flexibility index (Phi) is 7.78. The molecule has 2 unspecified atom stereocenters. The molecule has 24 heavy (non-hydrogen) atoms. The Bertz CT molecular complexity index is 514. The van der Waals surface area contributed by atoms with E-state index in [0.717, 1.165) is 12.2 Å².